The van der Waals surface area contributed by atoms with E-state index >= 15 is 0 Å². The minimum absolute atomic E-state index is 0.0686. The van der Waals surface area contributed by atoms with Gasteiger partial charge in [-0.25, -0.2) is 0 Å². The Morgan fingerprint density at radius 1 is 1.39 bits per heavy atom. The van der Waals surface area contributed by atoms with Gasteiger partial charge in [0, 0.05) is 17.0 Å². The summed E-state index contributed by atoms with van der Waals surface area (Å²) in [6.45, 7) is 1.16. The fraction of sp³-hybridized carbons (Fsp3) is 0.500. The van der Waals surface area contributed by atoms with E-state index in [1.165, 1.54) is 12.8 Å². The van der Waals surface area contributed by atoms with Gasteiger partial charge in [-0.2, -0.15) is 0 Å². The SMILES string of the molecule is O=C(NCCOC1CCCC1)c1cccc(S)c1. The summed E-state index contributed by atoms with van der Waals surface area (Å²) in [5.41, 5.74) is 0.642. The van der Waals surface area contributed by atoms with Gasteiger partial charge in [0.25, 0.3) is 5.91 Å². The van der Waals surface area contributed by atoms with Crippen molar-refractivity contribution in [1.29, 1.82) is 0 Å². The van der Waals surface area contributed by atoms with Crippen LogP contribution in [0.5, 0.6) is 0 Å². The summed E-state index contributed by atoms with van der Waals surface area (Å²) in [5, 5.41) is 2.85. The van der Waals surface area contributed by atoms with Gasteiger partial charge in [0.15, 0.2) is 0 Å². The Bertz CT molecular complexity index is 403. The summed E-state index contributed by atoms with van der Waals surface area (Å²) in [6, 6.07) is 7.22. The zero-order valence-electron chi connectivity index (χ0n) is 10.4. The maximum atomic E-state index is 11.8. The van der Waals surface area contributed by atoms with E-state index in [0.29, 0.717) is 24.8 Å². The van der Waals surface area contributed by atoms with E-state index in [2.05, 4.69) is 17.9 Å². The first-order valence-electron chi connectivity index (χ1n) is 6.44. The molecule has 1 N–H and O–H groups in total. The Kier molecular flexibility index (Phi) is 5.08. The van der Waals surface area contributed by atoms with Gasteiger partial charge < -0.3 is 10.1 Å². The highest BCUT2D eigenvalue weighted by Gasteiger charge is 2.14. The first-order valence-corrected chi connectivity index (χ1v) is 6.89. The van der Waals surface area contributed by atoms with Crippen LogP contribution in [0.3, 0.4) is 0 Å². The van der Waals surface area contributed by atoms with E-state index in [1.54, 1.807) is 12.1 Å². The molecular weight excluding hydrogens is 246 g/mol. The zero-order valence-corrected chi connectivity index (χ0v) is 11.3. The molecule has 98 valence electrons. The van der Waals surface area contributed by atoms with E-state index in [4.69, 9.17) is 4.74 Å². The summed E-state index contributed by atoms with van der Waals surface area (Å²) >= 11 is 4.21. The topological polar surface area (TPSA) is 38.3 Å². The maximum Gasteiger partial charge on any atom is 0.251 e. The molecule has 1 aliphatic carbocycles. The van der Waals surface area contributed by atoms with Crippen molar-refractivity contribution in [3.63, 3.8) is 0 Å². The predicted octanol–water partition coefficient (Wildman–Crippen LogP) is 2.66. The number of carbonyl (C=O) groups excluding carboxylic acids is 1. The molecule has 1 fully saturated rings. The minimum Gasteiger partial charge on any atom is -0.376 e. The number of hydrogen-bond acceptors (Lipinski definition) is 3. The molecule has 1 aliphatic rings. The Hall–Kier alpha value is -1.00. The van der Waals surface area contributed by atoms with Crippen molar-refractivity contribution in [2.45, 2.75) is 36.7 Å². The molecule has 0 aromatic heterocycles. The summed E-state index contributed by atoms with van der Waals surface area (Å²) in [6.07, 6.45) is 5.27. The molecule has 0 bridgehead atoms. The van der Waals surface area contributed by atoms with Gasteiger partial charge in [0.2, 0.25) is 0 Å². The first-order chi connectivity index (χ1) is 8.75. The van der Waals surface area contributed by atoms with Crippen LogP contribution in [0.4, 0.5) is 0 Å². The van der Waals surface area contributed by atoms with E-state index in [-0.39, 0.29) is 5.91 Å². The van der Waals surface area contributed by atoms with Crippen molar-refractivity contribution in [1.82, 2.24) is 5.32 Å². The Balaban J connectivity index is 1.68. The molecule has 1 aromatic rings. The molecule has 0 aliphatic heterocycles. The quantitative estimate of drug-likeness (QED) is 0.634. The molecule has 1 saturated carbocycles. The summed E-state index contributed by atoms with van der Waals surface area (Å²) in [7, 11) is 0. The Labute approximate surface area is 113 Å². The number of amides is 1. The predicted molar refractivity (Wildman–Crippen MR) is 74.2 cm³/mol. The van der Waals surface area contributed by atoms with Crippen molar-refractivity contribution < 1.29 is 9.53 Å². The van der Waals surface area contributed by atoms with Crippen LogP contribution < -0.4 is 5.32 Å². The van der Waals surface area contributed by atoms with E-state index in [1.807, 2.05) is 12.1 Å². The average molecular weight is 265 g/mol. The number of carbonyl (C=O) groups is 1. The normalized spacial score (nSPS) is 15.8. The summed E-state index contributed by atoms with van der Waals surface area (Å²) in [5.74, 6) is -0.0686. The number of ether oxygens (including phenoxy) is 1. The molecule has 0 unspecified atom stereocenters. The Morgan fingerprint density at radius 2 is 2.17 bits per heavy atom. The Morgan fingerprint density at radius 3 is 2.89 bits per heavy atom. The lowest BCUT2D eigenvalue weighted by molar-refractivity contribution is 0.0582. The molecule has 2 rings (SSSR count). The fourth-order valence-electron chi connectivity index (χ4n) is 2.19. The second-order valence-electron chi connectivity index (χ2n) is 4.58. The summed E-state index contributed by atoms with van der Waals surface area (Å²) in [4.78, 5) is 12.6. The lowest BCUT2D eigenvalue weighted by Gasteiger charge is -2.11. The van der Waals surface area contributed by atoms with Gasteiger partial charge in [0.05, 0.1) is 12.7 Å². The molecule has 0 heterocycles. The molecule has 0 saturated heterocycles. The van der Waals surface area contributed by atoms with Gasteiger partial charge in [-0.05, 0) is 31.0 Å². The average Bonchev–Trinajstić information content (AvgIpc) is 2.87. The highest BCUT2D eigenvalue weighted by molar-refractivity contribution is 7.80. The van der Waals surface area contributed by atoms with Crippen LogP contribution in [-0.2, 0) is 4.74 Å². The van der Waals surface area contributed by atoms with Crippen molar-refractivity contribution >= 4 is 18.5 Å². The third-order valence-electron chi connectivity index (χ3n) is 3.15. The number of nitrogens with one attached hydrogen (secondary N) is 1. The molecular formula is C14H19NO2S. The van der Waals surface area contributed by atoms with Gasteiger partial charge in [0.1, 0.15) is 0 Å². The molecule has 0 spiro atoms. The number of benzene rings is 1. The van der Waals surface area contributed by atoms with Crippen LogP contribution in [0.2, 0.25) is 0 Å². The fourth-order valence-corrected chi connectivity index (χ4v) is 2.42. The third kappa shape index (κ3) is 4.03. The molecule has 1 aromatic carbocycles. The lowest BCUT2D eigenvalue weighted by atomic mass is 10.2. The van der Waals surface area contributed by atoms with Crippen LogP contribution in [-0.4, -0.2) is 25.2 Å². The van der Waals surface area contributed by atoms with Crippen molar-refractivity contribution in [2.24, 2.45) is 0 Å². The highest BCUT2D eigenvalue weighted by atomic mass is 32.1. The smallest absolute Gasteiger partial charge is 0.251 e. The number of hydrogen-bond donors (Lipinski definition) is 2. The second kappa shape index (κ2) is 6.81. The monoisotopic (exact) mass is 265 g/mol. The van der Waals surface area contributed by atoms with Crippen LogP contribution in [0.15, 0.2) is 29.2 Å². The molecule has 18 heavy (non-hydrogen) atoms. The largest absolute Gasteiger partial charge is 0.376 e. The van der Waals surface area contributed by atoms with Crippen molar-refractivity contribution in [3.05, 3.63) is 29.8 Å². The highest BCUT2D eigenvalue weighted by Crippen LogP contribution is 2.20. The molecule has 0 atom stereocenters. The summed E-state index contributed by atoms with van der Waals surface area (Å²) < 4.78 is 5.68. The lowest BCUT2D eigenvalue weighted by Crippen LogP contribution is -2.28. The van der Waals surface area contributed by atoms with Gasteiger partial charge >= 0.3 is 0 Å². The van der Waals surface area contributed by atoms with E-state index in [0.717, 1.165) is 17.7 Å². The number of rotatable bonds is 5. The van der Waals surface area contributed by atoms with Crippen LogP contribution in [0.25, 0.3) is 0 Å². The molecule has 4 heteroatoms. The van der Waals surface area contributed by atoms with Crippen LogP contribution in [0.1, 0.15) is 36.0 Å². The second-order valence-corrected chi connectivity index (χ2v) is 5.10. The van der Waals surface area contributed by atoms with Crippen LogP contribution in [0, 0.1) is 0 Å². The zero-order chi connectivity index (χ0) is 12.8. The van der Waals surface area contributed by atoms with Crippen molar-refractivity contribution in [3.8, 4) is 0 Å². The molecule has 0 radical (unpaired) electrons. The van der Waals surface area contributed by atoms with Crippen molar-refractivity contribution in [2.75, 3.05) is 13.2 Å². The molecule has 3 nitrogen and oxygen atoms in total. The minimum atomic E-state index is -0.0686. The van der Waals surface area contributed by atoms with Crippen LogP contribution >= 0.6 is 12.6 Å². The first kappa shape index (κ1) is 13.4. The van der Waals surface area contributed by atoms with Gasteiger partial charge in [-0.15, -0.1) is 12.6 Å². The maximum absolute atomic E-state index is 11.8. The number of thiol groups is 1. The standard InChI is InChI=1S/C14H19NO2S/c16-14(11-4-3-7-13(18)10-11)15-8-9-17-12-5-1-2-6-12/h3-4,7,10,12,18H,1-2,5-6,8-9H2,(H,15,16). The van der Waals surface area contributed by atoms with Gasteiger partial charge in [-0.3, -0.25) is 4.79 Å². The van der Waals surface area contributed by atoms with E-state index < -0.39 is 0 Å². The molecule has 1 amide bonds. The van der Waals surface area contributed by atoms with Gasteiger partial charge in [-0.1, -0.05) is 18.9 Å². The third-order valence-corrected chi connectivity index (χ3v) is 3.43. The van der Waals surface area contributed by atoms with E-state index in [9.17, 15) is 4.79 Å².